The number of para-hydroxylation sites is 1. The molecular formula is C11H13NO. The van der Waals surface area contributed by atoms with Crippen LogP contribution in [0, 0.1) is 0 Å². The SMILES string of the molecule is CC(=O)/C=C\N(C)c1ccccc1. The summed E-state index contributed by atoms with van der Waals surface area (Å²) in [5.74, 6) is 0.0581. The third kappa shape index (κ3) is 3.11. The van der Waals surface area contributed by atoms with Gasteiger partial charge in [-0.3, -0.25) is 4.79 Å². The highest BCUT2D eigenvalue weighted by Crippen LogP contribution is 2.10. The van der Waals surface area contributed by atoms with E-state index in [0.29, 0.717) is 0 Å². The molecule has 0 N–H and O–H groups in total. The van der Waals surface area contributed by atoms with E-state index < -0.39 is 0 Å². The van der Waals surface area contributed by atoms with E-state index in [1.165, 1.54) is 6.92 Å². The summed E-state index contributed by atoms with van der Waals surface area (Å²) in [5, 5.41) is 0. The molecule has 2 heteroatoms. The molecule has 0 amide bonds. The van der Waals surface area contributed by atoms with E-state index in [1.54, 1.807) is 12.3 Å². The van der Waals surface area contributed by atoms with E-state index in [1.807, 2.05) is 42.3 Å². The number of ketones is 1. The molecule has 0 atom stereocenters. The molecule has 0 saturated heterocycles. The number of carbonyl (C=O) groups excluding carboxylic acids is 1. The maximum absolute atomic E-state index is 10.7. The van der Waals surface area contributed by atoms with Crippen LogP contribution < -0.4 is 4.90 Å². The second-order valence-corrected chi connectivity index (χ2v) is 2.87. The molecule has 1 aromatic carbocycles. The van der Waals surface area contributed by atoms with Gasteiger partial charge in [0.1, 0.15) is 0 Å². The van der Waals surface area contributed by atoms with Gasteiger partial charge in [-0.05, 0) is 25.1 Å². The Morgan fingerprint density at radius 3 is 2.46 bits per heavy atom. The van der Waals surface area contributed by atoms with Gasteiger partial charge < -0.3 is 4.90 Å². The highest BCUT2D eigenvalue weighted by atomic mass is 16.1. The highest BCUT2D eigenvalue weighted by Gasteiger charge is 1.93. The van der Waals surface area contributed by atoms with E-state index in [9.17, 15) is 4.79 Å². The summed E-state index contributed by atoms with van der Waals surface area (Å²) in [6, 6.07) is 9.88. The van der Waals surface area contributed by atoms with Crippen molar-refractivity contribution in [2.75, 3.05) is 11.9 Å². The van der Waals surface area contributed by atoms with Crippen LogP contribution in [0.15, 0.2) is 42.6 Å². The second-order valence-electron chi connectivity index (χ2n) is 2.87. The van der Waals surface area contributed by atoms with Crippen molar-refractivity contribution in [2.45, 2.75) is 6.92 Å². The summed E-state index contributed by atoms with van der Waals surface area (Å²) < 4.78 is 0. The molecule has 68 valence electrons. The molecule has 0 radical (unpaired) electrons. The van der Waals surface area contributed by atoms with Crippen molar-refractivity contribution in [3.8, 4) is 0 Å². The van der Waals surface area contributed by atoms with Gasteiger partial charge >= 0.3 is 0 Å². The van der Waals surface area contributed by atoms with Crippen LogP contribution >= 0.6 is 0 Å². The summed E-state index contributed by atoms with van der Waals surface area (Å²) in [7, 11) is 1.91. The van der Waals surface area contributed by atoms with Gasteiger partial charge in [0, 0.05) is 18.9 Å². The lowest BCUT2D eigenvalue weighted by molar-refractivity contribution is -0.112. The first-order valence-corrected chi connectivity index (χ1v) is 4.17. The van der Waals surface area contributed by atoms with Crippen molar-refractivity contribution >= 4 is 11.5 Å². The van der Waals surface area contributed by atoms with Crippen LogP contribution in [0.3, 0.4) is 0 Å². The number of allylic oxidation sites excluding steroid dienone is 1. The van der Waals surface area contributed by atoms with Crippen LogP contribution in [-0.4, -0.2) is 12.8 Å². The summed E-state index contributed by atoms with van der Waals surface area (Å²) in [5.41, 5.74) is 1.07. The average Bonchev–Trinajstić information content (AvgIpc) is 2.15. The van der Waals surface area contributed by atoms with Gasteiger partial charge in [-0.15, -0.1) is 0 Å². The zero-order chi connectivity index (χ0) is 9.68. The Morgan fingerprint density at radius 1 is 1.31 bits per heavy atom. The first kappa shape index (κ1) is 9.52. The molecule has 0 saturated carbocycles. The molecule has 0 aromatic heterocycles. The fourth-order valence-corrected chi connectivity index (χ4v) is 0.966. The molecule has 0 aliphatic rings. The number of benzene rings is 1. The van der Waals surface area contributed by atoms with Gasteiger partial charge in [0.15, 0.2) is 5.78 Å². The van der Waals surface area contributed by atoms with Crippen molar-refractivity contribution in [1.82, 2.24) is 0 Å². The lowest BCUT2D eigenvalue weighted by atomic mass is 10.3. The summed E-state index contributed by atoms with van der Waals surface area (Å²) in [4.78, 5) is 12.6. The molecular weight excluding hydrogens is 162 g/mol. The minimum Gasteiger partial charge on any atom is -0.351 e. The molecule has 0 heterocycles. The van der Waals surface area contributed by atoms with Crippen LogP contribution in [0.4, 0.5) is 5.69 Å². The number of anilines is 1. The lowest BCUT2D eigenvalue weighted by Gasteiger charge is -2.12. The average molecular weight is 175 g/mol. The molecule has 0 bridgehead atoms. The Hall–Kier alpha value is -1.57. The van der Waals surface area contributed by atoms with Crippen molar-refractivity contribution in [1.29, 1.82) is 0 Å². The normalized spacial score (nSPS) is 10.3. The largest absolute Gasteiger partial charge is 0.351 e. The van der Waals surface area contributed by atoms with Crippen molar-refractivity contribution in [3.05, 3.63) is 42.6 Å². The van der Waals surface area contributed by atoms with Crippen LogP contribution in [0.5, 0.6) is 0 Å². The molecule has 0 aliphatic carbocycles. The van der Waals surface area contributed by atoms with Crippen LogP contribution in [0.2, 0.25) is 0 Å². The molecule has 0 unspecified atom stereocenters. The molecule has 0 fully saturated rings. The van der Waals surface area contributed by atoms with Gasteiger partial charge in [0.2, 0.25) is 0 Å². The molecule has 0 spiro atoms. The van der Waals surface area contributed by atoms with E-state index >= 15 is 0 Å². The van der Waals surface area contributed by atoms with E-state index in [0.717, 1.165) is 5.69 Å². The van der Waals surface area contributed by atoms with Gasteiger partial charge in [-0.2, -0.15) is 0 Å². The Labute approximate surface area is 78.5 Å². The van der Waals surface area contributed by atoms with Crippen molar-refractivity contribution < 1.29 is 4.79 Å². The van der Waals surface area contributed by atoms with Crippen LogP contribution in [0.25, 0.3) is 0 Å². The minimum atomic E-state index is 0.0581. The number of carbonyl (C=O) groups is 1. The maximum atomic E-state index is 10.7. The lowest BCUT2D eigenvalue weighted by Crippen LogP contribution is -2.07. The molecule has 2 nitrogen and oxygen atoms in total. The summed E-state index contributed by atoms with van der Waals surface area (Å²) in [6.45, 7) is 1.54. The molecule has 1 rings (SSSR count). The Balaban J connectivity index is 2.69. The van der Waals surface area contributed by atoms with Gasteiger partial charge in [-0.25, -0.2) is 0 Å². The molecule has 1 aromatic rings. The fraction of sp³-hybridized carbons (Fsp3) is 0.182. The molecule has 0 aliphatic heterocycles. The van der Waals surface area contributed by atoms with Crippen molar-refractivity contribution in [3.63, 3.8) is 0 Å². The Bertz CT molecular complexity index is 303. The standard InChI is InChI=1S/C11H13NO/c1-10(13)8-9-12(2)11-6-4-3-5-7-11/h3-9H,1-2H3/b9-8-. The minimum absolute atomic E-state index is 0.0581. The first-order valence-electron chi connectivity index (χ1n) is 4.17. The van der Waals surface area contributed by atoms with Crippen LogP contribution in [-0.2, 0) is 4.79 Å². The predicted molar refractivity (Wildman–Crippen MR) is 54.7 cm³/mol. The van der Waals surface area contributed by atoms with Crippen LogP contribution in [0.1, 0.15) is 6.92 Å². The molecule has 13 heavy (non-hydrogen) atoms. The number of nitrogens with zero attached hydrogens (tertiary/aromatic N) is 1. The monoisotopic (exact) mass is 175 g/mol. The number of rotatable bonds is 3. The summed E-state index contributed by atoms with van der Waals surface area (Å²) in [6.07, 6.45) is 3.31. The topological polar surface area (TPSA) is 20.3 Å². The van der Waals surface area contributed by atoms with Gasteiger partial charge in [0.05, 0.1) is 0 Å². The van der Waals surface area contributed by atoms with Gasteiger partial charge in [0.25, 0.3) is 0 Å². The maximum Gasteiger partial charge on any atom is 0.154 e. The van der Waals surface area contributed by atoms with Gasteiger partial charge in [-0.1, -0.05) is 18.2 Å². The third-order valence-corrected chi connectivity index (χ3v) is 1.70. The first-order chi connectivity index (χ1) is 6.20. The Morgan fingerprint density at radius 2 is 1.92 bits per heavy atom. The third-order valence-electron chi connectivity index (χ3n) is 1.70. The zero-order valence-corrected chi connectivity index (χ0v) is 7.90. The Kier molecular flexibility index (Phi) is 3.26. The summed E-state index contributed by atoms with van der Waals surface area (Å²) >= 11 is 0. The van der Waals surface area contributed by atoms with E-state index in [4.69, 9.17) is 0 Å². The number of hydrogen-bond donors (Lipinski definition) is 0. The fourth-order valence-electron chi connectivity index (χ4n) is 0.966. The van der Waals surface area contributed by atoms with Crippen molar-refractivity contribution in [2.24, 2.45) is 0 Å². The highest BCUT2D eigenvalue weighted by molar-refractivity contribution is 5.87. The predicted octanol–water partition coefficient (Wildman–Crippen LogP) is 2.23. The number of hydrogen-bond acceptors (Lipinski definition) is 2. The quantitative estimate of drug-likeness (QED) is 0.656. The zero-order valence-electron chi connectivity index (χ0n) is 7.90. The second kappa shape index (κ2) is 4.45. The van der Waals surface area contributed by atoms with E-state index in [-0.39, 0.29) is 5.78 Å². The van der Waals surface area contributed by atoms with E-state index in [2.05, 4.69) is 0 Å². The smallest absolute Gasteiger partial charge is 0.154 e.